The quantitative estimate of drug-likeness (QED) is 0.616. The molecule has 1 N–H and O–H groups in total. The molecule has 1 amide bonds. The number of hydrogen-bond donors (Lipinski definition) is 1. The van der Waals surface area contributed by atoms with Gasteiger partial charge in [0.15, 0.2) is 5.69 Å². The Labute approximate surface area is 155 Å². The number of furan rings is 1. The second kappa shape index (κ2) is 8.71. The van der Waals surface area contributed by atoms with Crippen molar-refractivity contribution < 1.29 is 9.21 Å². The van der Waals surface area contributed by atoms with Gasteiger partial charge in [-0.3, -0.25) is 9.59 Å². The van der Waals surface area contributed by atoms with Gasteiger partial charge in [0.2, 0.25) is 0 Å². The number of thioether (sulfide) groups is 1. The third-order valence-electron chi connectivity index (χ3n) is 3.87. The van der Waals surface area contributed by atoms with Crippen LogP contribution >= 0.6 is 11.8 Å². The van der Waals surface area contributed by atoms with Crippen LogP contribution < -0.4 is 10.9 Å². The van der Waals surface area contributed by atoms with Crippen molar-refractivity contribution in [1.82, 2.24) is 15.1 Å². The predicted octanol–water partition coefficient (Wildman–Crippen LogP) is 3.06. The fourth-order valence-corrected chi connectivity index (χ4v) is 3.41. The topological polar surface area (TPSA) is 77.1 Å². The van der Waals surface area contributed by atoms with Gasteiger partial charge in [-0.2, -0.15) is 16.9 Å². The van der Waals surface area contributed by atoms with Gasteiger partial charge in [0.05, 0.1) is 17.4 Å². The Kier molecular flexibility index (Phi) is 6.12. The SMILES string of the molecule is CCCn1nc(C(=O)NCCSCc2ccco2)c2ccccc2c1=O. The minimum Gasteiger partial charge on any atom is -0.468 e. The van der Waals surface area contributed by atoms with E-state index >= 15 is 0 Å². The van der Waals surface area contributed by atoms with E-state index in [2.05, 4.69) is 10.4 Å². The van der Waals surface area contributed by atoms with Crippen LogP contribution in [0.5, 0.6) is 0 Å². The highest BCUT2D eigenvalue weighted by molar-refractivity contribution is 7.98. The Bertz CT molecular complexity index is 935. The molecule has 0 saturated carbocycles. The minimum absolute atomic E-state index is 0.159. The number of carbonyl (C=O) groups excluding carboxylic acids is 1. The van der Waals surface area contributed by atoms with Crippen molar-refractivity contribution in [1.29, 1.82) is 0 Å². The van der Waals surface area contributed by atoms with Crippen LogP contribution in [0.2, 0.25) is 0 Å². The van der Waals surface area contributed by atoms with E-state index in [4.69, 9.17) is 4.42 Å². The number of rotatable bonds is 8. The zero-order valence-corrected chi connectivity index (χ0v) is 15.4. The summed E-state index contributed by atoms with van der Waals surface area (Å²) >= 11 is 1.68. The Morgan fingerprint density at radius 2 is 2.04 bits per heavy atom. The minimum atomic E-state index is -0.260. The van der Waals surface area contributed by atoms with Crippen LogP contribution in [0.3, 0.4) is 0 Å². The molecule has 3 aromatic rings. The number of fused-ring (bicyclic) bond motifs is 1. The Hall–Kier alpha value is -2.54. The Morgan fingerprint density at radius 3 is 2.77 bits per heavy atom. The number of nitrogens with zero attached hydrogens (tertiary/aromatic N) is 2. The molecule has 136 valence electrons. The molecule has 1 aromatic carbocycles. The summed E-state index contributed by atoms with van der Waals surface area (Å²) in [6, 6.07) is 10.9. The van der Waals surface area contributed by atoms with Crippen LogP contribution in [-0.4, -0.2) is 28.0 Å². The van der Waals surface area contributed by atoms with Gasteiger partial charge in [-0.25, -0.2) is 4.68 Å². The molecule has 0 bridgehead atoms. The average Bonchev–Trinajstić information content (AvgIpc) is 3.17. The lowest BCUT2D eigenvalue weighted by Gasteiger charge is -2.10. The number of amides is 1. The molecule has 0 atom stereocenters. The summed E-state index contributed by atoms with van der Waals surface area (Å²) in [5.74, 6) is 2.19. The molecule has 7 heteroatoms. The third kappa shape index (κ3) is 4.16. The van der Waals surface area contributed by atoms with E-state index < -0.39 is 0 Å². The lowest BCUT2D eigenvalue weighted by molar-refractivity contribution is 0.0950. The van der Waals surface area contributed by atoms with Gasteiger partial charge < -0.3 is 9.73 Å². The van der Waals surface area contributed by atoms with Gasteiger partial charge in [-0.05, 0) is 24.6 Å². The van der Waals surface area contributed by atoms with E-state index in [9.17, 15) is 9.59 Å². The normalized spacial score (nSPS) is 11.0. The highest BCUT2D eigenvalue weighted by atomic mass is 32.2. The molecule has 0 aliphatic carbocycles. The molecule has 0 radical (unpaired) electrons. The van der Waals surface area contributed by atoms with Gasteiger partial charge in [0.25, 0.3) is 11.5 Å². The average molecular weight is 371 g/mol. The maximum absolute atomic E-state index is 12.6. The Balaban J connectivity index is 1.69. The van der Waals surface area contributed by atoms with Crippen molar-refractivity contribution in [2.24, 2.45) is 0 Å². The lowest BCUT2D eigenvalue weighted by atomic mass is 10.1. The molecule has 2 heterocycles. The van der Waals surface area contributed by atoms with Crippen LogP contribution in [0.15, 0.2) is 51.9 Å². The number of aryl methyl sites for hydroxylation is 1. The first-order chi connectivity index (χ1) is 12.7. The number of benzene rings is 1. The summed E-state index contributed by atoms with van der Waals surface area (Å²) in [6.07, 6.45) is 2.43. The van der Waals surface area contributed by atoms with Gasteiger partial charge in [0.1, 0.15) is 5.76 Å². The molecule has 26 heavy (non-hydrogen) atoms. The highest BCUT2D eigenvalue weighted by Gasteiger charge is 2.16. The zero-order valence-electron chi connectivity index (χ0n) is 14.6. The molecule has 6 nitrogen and oxygen atoms in total. The molecule has 0 spiro atoms. The standard InChI is InChI=1S/C19H21N3O3S/c1-2-10-22-19(24)16-8-4-3-7-15(16)17(21-22)18(23)20-9-12-26-13-14-6-5-11-25-14/h3-8,11H,2,9-10,12-13H2,1H3,(H,20,23). The summed E-state index contributed by atoms with van der Waals surface area (Å²) in [5.41, 5.74) is 0.137. The smallest absolute Gasteiger partial charge is 0.274 e. The van der Waals surface area contributed by atoms with Crippen LogP contribution in [-0.2, 0) is 12.3 Å². The number of hydrogen-bond acceptors (Lipinski definition) is 5. The molecule has 0 aliphatic rings. The summed E-state index contributed by atoms with van der Waals surface area (Å²) in [5, 5.41) is 8.30. The molecule has 2 aromatic heterocycles. The van der Waals surface area contributed by atoms with E-state index in [0.29, 0.717) is 29.6 Å². The van der Waals surface area contributed by atoms with Crippen molar-refractivity contribution in [2.45, 2.75) is 25.6 Å². The van der Waals surface area contributed by atoms with Crippen LogP contribution in [0, 0.1) is 0 Å². The maximum atomic E-state index is 12.6. The number of carbonyl (C=O) groups is 1. The molecular weight excluding hydrogens is 350 g/mol. The second-order valence-corrected chi connectivity index (χ2v) is 6.92. The first-order valence-corrected chi connectivity index (χ1v) is 9.74. The summed E-state index contributed by atoms with van der Waals surface area (Å²) in [6.45, 7) is 2.98. The number of nitrogens with one attached hydrogen (secondary N) is 1. The summed E-state index contributed by atoms with van der Waals surface area (Å²) in [7, 11) is 0. The van der Waals surface area contributed by atoms with E-state index in [0.717, 1.165) is 23.7 Å². The van der Waals surface area contributed by atoms with Crippen molar-refractivity contribution in [2.75, 3.05) is 12.3 Å². The lowest BCUT2D eigenvalue weighted by Crippen LogP contribution is -2.31. The van der Waals surface area contributed by atoms with Crippen LogP contribution in [0.4, 0.5) is 0 Å². The van der Waals surface area contributed by atoms with Crippen molar-refractivity contribution in [3.63, 3.8) is 0 Å². The fraction of sp³-hybridized carbons (Fsp3) is 0.316. The first-order valence-electron chi connectivity index (χ1n) is 8.59. The first kappa shape index (κ1) is 18.3. The molecule has 0 aliphatic heterocycles. The van der Waals surface area contributed by atoms with Crippen LogP contribution in [0.1, 0.15) is 29.6 Å². The predicted molar refractivity (Wildman–Crippen MR) is 103 cm³/mol. The van der Waals surface area contributed by atoms with Gasteiger partial charge in [0, 0.05) is 24.2 Å². The third-order valence-corrected chi connectivity index (χ3v) is 4.86. The largest absolute Gasteiger partial charge is 0.468 e. The molecule has 0 saturated heterocycles. The molecule has 3 rings (SSSR count). The van der Waals surface area contributed by atoms with Crippen molar-refractivity contribution in [3.8, 4) is 0 Å². The molecule has 0 fully saturated rings. The monoisotopic (exact) mass is 371 g/mol. The van der Waals surface area contributed by atoms with E-state index in [1.165, 1.54) is 4.68 Å². The number of aromatic nitrogens is 2. The molecular formula is C19H21N3O3S. The summed E-state index contributed by atoms with van der Waals surface area (Å²) in [4.78, 5) is 25.1. The van der Waals surface area contributed by atoms with E-state index in [1.54, 1.807) is 36.2 Å². The van der Waals surface area contributed by atoms with Crippen molar-refractivity contribution in [3.05, 3.63) is 64.5 Å². The summed E-state index contributed by atoms with van der Waals surface area (Å²) < 4.78 is 6.65. The maximum Gasteiger partial charge on any atom is 0.274 e. The highest BCUT2D eigenvalue weighted by Crippen LogP contribution is 2.14. The van der Waals surface area contributed by atoms with E-state index in [-0.39, 0.29) is 11.5 Å². The van der Waals surface area contributed by atoms with Gasteiger partial charge in [-0.15, -0.1) is 0 Å². The molecule has 0 unspecified atom stereocenters. The fourth-order valence-electron chi connectivity index (χ4n) is 2.65. The van der Waals surface area contributed by atoms with Gasteiger partial charge in [-0.1, -0.05) is 25.1 Å². The van der Waals surface area contributed by atoms with Crippen LogP contribution in [0.25, 0.3) is 10.8 Å². The van der Waals surface area contributed by atoms with Gasteiger partial charge >= 0.3 is 0 Å². The van der Waals surface area contributed by atoms with Crippen molar-refractivity contribution >= 4 is 28.4 Å². The van der Waals surface area contributed by atoms with E-state index in [1.807, 2.05) is 25.1 Å². The zero-order chi connectivity index (χ0) is 18.4. The Morgan fingerprint density at radius 1 is 1.23 bits per heavy atom. The second-order valence-electron chi connectivity index (χ2n) is 5.81.